The molecular formula is C10H12ClN3O2S2. The number of nitrogens with two attached hydrogens (primary N) is 1. The molecule has 0 aromatic heterocycles. The van der Waals surface area contributed by atoms with Crippen molar-refractivity contribution >= 4 is 38.8 Å². The molecule has 0 unspecified atom stereocenters. The summed E-state index contributed by atoms with van der Waals surface area (Å²) in [6.45, 7) is 1.57. The third-order valence-corrected chi connectivity index (χ3v) is 3.80. The highest BCUT2D eigenvalue weighted by Gasteiger charge is 2.11. The third-order valence-electron chi connectivity index (χ3n) is 1.86. The molecule has 0 aliphatic carbocycles. The number of nitrogens with one attached hydrogen (secondary N) is 2. The molecule has 18 heavy (non-hydrogen) atoms. The van der Waals surface area contributed by atoms with Crippen LogP contribution in [-0.4, -0.2) is 13.5 Å². The highest BCUT2D eigenvalue weighted by atomic mass is 35.5. The summed E-state index contributed by atoms with van der Waals surface area (Å²) in [6, 6.07) is 5.89. The zero-order valence-corrected chi connectivity index (χ0v) is 11.9. The molecule has 0 aliphatic rings. The van der Waals surface area contributed by atoms with Crippen LogP contribution in [-0.2, 0) is 9.84 Å². The van der Waals surface area contributed by atoms with Gasteiger partial charge in [0.15, 0.2) is 5.11 Å². The Hall–Kier alpha value is -1.31. The van der Waals surface area contributed by atoms with Crippen LogP contribution in [0.5, 0.6) is 0 Å². The molecule has 0 heterocycles. The third kappa shape index (κ3) is 4.52. The van der Waals surface area contributed by atoms with Gasteiger partial charge in [0.05, 0.1) is 10.3 Å². The minimum absolute atomic E-state index is 0.0200. The number of sulfone groups is 1. The average molecular weight is 306 g/mol. The molecule has 0 atom stereocenters. The molecule has 0 bridgehead atoms. The van der Waals surface area contributed by atoms with Crippen molar-refractivity contribution in [1.29, 1.82) is 0 Å². The number of benzene rings is 1. The Bertz CT molecular complexity index is 567. The molecule has 1 aromatic carbocycles. The maximum absolute atomic E-state index is 11.9. The molecule has 4 N–H and O–H groups in total. The summed E-state index contributed by atoms with van der Waals surface area (Å²) >= 11 is 10.3. The lowest BCUT2D eigenvalue weighted by Crippen LogP contribution is -2.39. The van der Waals surface area contributed by atoms with Crippen molar-refractivity contribution in [2.45, 2.75) is 11.8 Å². The predicted octanol–water partition coefficient (Wildman–Crippen LogP) is 1.31. The number of hydrazine groups is 1. The molecule has 0 aliphatic heterocycles. The highest BCUT2D eigenvalue weighted by molar-refractivity contribution is 7.94. The molecule has 5 nitrogen and oxygen atoms in total. The van der Waals surface area contributed by atoms with Crippen molar-refractivity contribution in [2.24, 2.45) is 5.73 Å². The molecule has 98 valence electrons. The Morgan fingerprint density at radius 3 is 2.39 bits per heavy atom. The van der Waals surface area contributed by atoms with Crippen LogP contribution in [0.3, 0.4) is 0 Å². The summed E-state index contributed by atoms with van der Waals surface area (Å²) < 4.78 is 23.9. The molecule has 1 aromatic rings. The van der Waals surface area contributed by atoms with E-state index in [9.17, 15) is 8.42 Å². The van der Waals surface area contributed by atoms with E-state index >= 15 is 0 Å². The van der Waals surface area contributed by atoms with E-state index in [4.69, 9.17) is 17.3 Å². The van der Waals surface area contributed by atoms with Gasteiger partial charge in [-0.1, -0.05) is 11.6 Å². The lowest BCUT2D eigenvalue weighted by atomic mass is 10.4. The Morgan fingerprint density at radius 2 is 1.89 bits per heavy atom. The maximum atomic E-state index is 11.9. The van der Waals surface area contributed by atoms with Gasteiger partial charge in [-0.05, 0) is 43.4 Å². The first-order valence-electron chi connectivity index (χ1n) is 4.81. The van der Waals surface area contributed by atoms with E-state index < -0.39 is 9.84 Å². The van der Waals surface area contributed by atoms with Crippen LogP contribution in [0, 0.1) is 0 Å². The van der Waals surface area contributed by atoms with Crippen LogP contribution in [0.1, 0.15) is 6.92 Å². The van der Waals surface area contributed by atoms with E-state index in [2.05, 4.69) is 23.1 Å². The summed E-state index contributed by atoms with van der Waals surface area (Å²) in [5, 5.41) is 1.57. The van der Waals surface area contributed by atoms with Gasteiger partial charge in [0, 0.05) is 10.7 Å². The summed E-state index contributed by atoms with van der Waals surface area (Å²) in [5.74, 6) is 0. The van der Waals surface area contributed by atoms with Gasteiger partial charge in [0.25, 0.3) is 0 Å². The van der Waals surface area contributed by atoms with Gasteiger partial charge in [0.2, 0.25) is 9.84 Å². The van der Waals surface area contributed by atoms with E-state index in [0.29, 0.717) is 10.7 Å². The monoisotopic (exact) mass is 305 g/mol. The maximum Gasteiger partial charge on any atom is 0.201 e. The number of allylic oxidation sites excluding steroid dienone is 1. The van der Waals surface area contributed by atoms with Crippen LogP contribution >= 0.6 is 23.8 Å². The average Bonchev–Trinajstić information content (AvgIpc) is 2.26. The van der Waals surface area contributed by atoms with E-state index in [1.54, 1.807) is 6.92 Å². The number of halogens is 1. The first kappa shape index (κ1) is 14.7. The Morgan fingerprint density at radius 1 is 1.33 bits per heavy atom. The lowest BCUT2D eigenvalue weighted by Gasteiger charge is -2.08. The second-order valence-corrected chi connectivity index (χ2v) is 6.09. The SMILES string of the molecule is C/C(=C/S(=O)(=O)c1ccc(Cl)cc1)NNC(N)=S. The van der Waals surface area contributed by atoms with Gasteiger partial charge in [-0.2, -0.15) is 0 Å². The van der Waals surface area contributed by atoms with E-state index in [1.807, 2.05) is 0 Å². The van der Waals surface area contributed by atoms with Crippen molar-refractivity contribution in [1.82, 2.24) is 10.9 Å². The lowest BCUT2D eigenvalue weighted by molar-refractivity contribution is 0.603. The quantitative estimate of drug-likeness (QED) is 0.574. The summed E-state index contributed by atoms with van der Waals surface area (Å²) in [6.07, 6.45) is 0. The zero-order valence-electron chi connectivity index (χ0n) is 9.48. The number of thiocarbonyl (C=S) groups is 1. The summed E-state index contributed by atoms with van der Waals surface area (Å²) in [4.78, 5) is 0.156. The minimum atomic E-state index is -3.53. The second kappa shape index (κ2) is 6.03. The number of rotatable bonds is 4. The zero-order chi connectivity index (χ0) is 13.8. The van der Waals surface area contributed by atoms with Gasteiger partial charge < -0.3 is 11.2 Å². The Kier molecular flexibility index (Phi) is 4.94. The van der Waals surface area contributed by atoms with E-state index in [-0.39, 0.29) is 10.0 Å². The van der Waals surface area contributed by atoms with Crippen molar-refractivity contribution in [2.75, 3.05) is 0 Å². The topological polar surface area (TPSA) is 84.2 Å². The highest BCUT2D eigenvalue weighted by Crippen LogP contribution is 2.16. The van der Waals surface area contributed by atoms with Crippen LogP contribution in [0.2, 0.25) is 5.02 Å². The van der Waals surface area contributed by atoms with Crippen LogP contribution in [0.15, 0.2) is 40.3 Å². The first-order chi connectivity index (χ1) is 8.31. The molecule has 1 rings (SSSR count). The first-order valence-corrected chi connectivity index (χ1v) is 7.15. The largest absolute Gasteiger partial charge is 0.375 e. The molecule has 0 saturated heterocycles. The van der Waals surface area contributed by atoms with Crippen LogP contribution in [0.4, 0.5) is 0 Å². The smallest absolute Gasteiger partial charge is 0.201 e. The molecule has 8 heteroatoms. The molecule has 0 radical (unpaired) electrons. The fraction of sp³-hybridized carbons (Fsp3) is 0.100. The van der Waals surface area contributed by atoms with Gasteiger partial charge in [-0.25, -0.2) is 8.42 Å². The molecule has 0 spiro atoms. The van der Waals surface area contributed by atoms with Crippen molar-refractivity contribution in [3.05, 3.63) is 40.4 Å². The molecule has 0 fully saturated rings. The van der Waals surface area contributed by atoms with E-state index in [0.717, 1.165) is 5.41 Å². The summed E-state index contributed by atoms with van der Waals surface area (Å²) in [5.41, 5.74) is 10.6. The Labute approximate surface area is 116 Å². The van der Waals surface area contributed by atoms with E-state index in [1.165, 1.54) is 24.3 Å². The second-order valence-electron chi connectivity index (χ2n) is 3.41. The molecular weight excluding hydrogens is 294 g/mol. The molecule has 0 saturated carbocycles. The van der Waals surface area contributed by atoms with Crippen molar-refractivity contribution < 1.29 is 8.42 Å². The normalized spacial score (nSPS) is 12.0. The van der Waals surface area contributed by atoms with Crippen molar-refractivity contribution in [3.63, 3.8) is 0 Å². The molecule has 0 amide bonds. The fourth-order valence-electron chi connectivity index (χ4n) is 1.11. The van der Waals surface area contributed by atoms with Gasteiger partial charge >= 0.3 is 0 Å². The van der Waals surface area contributed by atoms with Crippen LogP contribution in [0.25, 0.3) is 0 Å². The van der Waals surface area contributed by atoms with Crippen molar-refractivity contribution in [3.8, 4) is 0 Å². The van der Waals surface area contributed by atoms with Gasteiger partial charge in [-0.3, -0.25) is 5.43 Å². The van der Waals surface area contributed by atoms with Gasteiger partial charge in [0.1, 0.15) is 0 Å². The number of hydrogen-bond acceptors (Lipinski definition) is 4. The predicted molar refractivity (Wildman–Crippen MR) is 75.5 cm³/mol. The summed E-state index contributed by atoms with van der Waals surface area (Å²) in [7, 11) is -3.53. The van der Waals surface area contributed by atoms with Gasteiger partial charge in [-0.15, -0.1) is 0 Å². The minimum Gasteiger partial charge on any atom is -0.375 e. The van der Waals surface area contributed by atoms with Crippen LogP contribution < -0.4 is 16.6 Å². The Balaban J connectivity index is 2.90. The fourth-order valence-corrected chi connectivity index (χ4v) is 2.47. The number of hydrogen-bond donors (Lipinski definition) is 3. The standard InChI is InChI=1S/C10H12ClN3O2S2/c1-7(13-14-10(12)17)6-18(15,16)9-4-2-8(11)3-5-9/h2-6,13H,1H3,(H3,12,14,17)/b7-6-.